The number of nitrogens with one attached hydrogen (secondary N) is 1. The predicted molar refractivity (Wildman–Crippen MR) is 47.7 cm³/mol. The van der Waals surface area contributed by atoms with Crippen molar-refractivity contribution in [2.24, 2.45) is 0 Å². The SMILES string of the molecule is CC(=O)/C=C(\C)N[C@@H](C)C(C)=O. The average Bonchev–Trinajstić information content (AvgIpc) is 1.84. The number of Topliss-reactive ketones (excluding diaryl/α,β-unsaturated/α-hetero) is 1. The second kappa shape index (κ2) is 4.70. The summed E-state index contributed by atoms with van der Waals surface area (Å²) in [7, 11) is 0. The van der Waals surface area contributed by atoms with Crippen molar-refractivity contribution in [1.29, 1.82) is 0 Å². The molecule has 12 heavy (non-hydrogen) atoms. The van der Waals surface area contributed by atoms with E-state index in [1.807, 2.05) is 0 Å². The van der Waals surface area contributed by atoms with Gasteiger partial charge in [0.25, 0.3) is 0 Å². The number of hydrogen-bond donors (Lipinski definition) is 1. The minimum Gasteiger partial charge on any atom is -0.379 e. The lowest BCUT2D eigenvalue weighted by Gasteiger charge is -2.11. The fourth-order valence-electron chi connectivity index (χ4n) is 0.790. The highest BCUT2D eigenvalue weighted by Crippen LogP contribution is 1.92. The molecule has 0 spiro atoms. The molecular weight excluding hydrogens is 154 g/mol. The van der Waals surface area contributed by atoms with E-state index < -0.39 is 0 Å². The number of hydrogen-bond acceptors (Lipinski definition) is 3. The van der Waals surface area contributed by atoms with Gasteiger partial charge in [0.2, 0.25) is 0 Å². The van der Waals surface area contributed by atoms with Gasteiger partial charge in [-0.15, -0.1) is 0 Å². The minimum absolute atomic E-state index is 0.0178. The molecule has 1 N–H and O–H groups in total. The zero-order chi connectivity index (χ0) is 9.72. The molecule has 0 aliphatic heterocycles. The van der Waals surface area contributed by atoms with Gasteiger partial charge in [0, 0.05) is 5.70 Å². The van der Waals surface area contributed by atoms with E-state index in [4.69, 9.17) is 0 Å². The molecule has 0 saturated heterocycles. The normalized spacial score (nSPS) is 13.8. The van der Waals surface area contributed by atoms with Gasteiger partial charge in [-0.2, -0.15) is 0 Å². The zero-order valence-corrected chi connectivity index (χ0v) is 7.97. The Kier molecular flexibility index (Phi) is 4.26. The Balaban J connectivity index is 4.09. The fraction of sp³-hybridized carbons (Fsp3) is 0.556. The largest absolute Gasteiger partial charge is 0.379 e. The maximum absolute atomic E-state index is 10.8. The molecule has 0 bridgehead atoms. The quantitative estimate of drug-likeness (QED) is 0.640. The van der Waals surface area contributed by atoms with Crippen LogP contribution in [-0.2, 0) is 9.59 Å². The molecule has 0 rings (SSSR count). The number of ketones is 2. The van der Waals surface area contributed by atoms with Gasteiger partial charge in [0.15, 0.2) is 11.6 Å². The first-order valence-corrected chi connectivity index (χ1v) is 3.89. The lowest BCUT2D eigenvalue weighted by Crippen LogP contribution is -2.30. The summed E-state index contributed by atoms with van der Waals surface area (Å²) in [6, 6.07) is -0.222. The number of carbonyl (C=O) groups excluding carboxylic acids is 2. The Morgan fingerprint density at radius 3 is 2.08 bits per heavy atom. The third-order valence-electron chi connectivity index (χ3n) is 1.47. The molecule has 1 atom stereocenters. The Hall–Kier alpha value is -1.12. The molecule has 0 aromatic carbocycles. The standard InChI is InChI=1S/C9H15NO2/c1-6(5-7(2)11)10-8(3)9(4)12/h5,8,10H,1-4H3/b6-5+/t8-/m0/s1. The molecular formula is C9H15NO2. The van der Waals surface area contributed by atoms with Crippen LogP contribution in [-0.4, -0.2) is 17.6 Å². The van der Waals surface area contributed by atoms with Crippen LogP contribution in [0.5, 0.6) is 0 Å². The van der Waals surface area contributed by atoms with Crippen molar-refractivity contribution in [3.8, 4) is 0 Å². The molecule has 0 heterocycles. The molecule has 0 aromatic heterocycles. The average molecular weight is 169 g/mol. The van der Waals surface area contributed by atoms with Gasteiger partial charge >= 0.3 is 0 Å². The minimum atomic E-state index is -0.222. The summed E-state index contributed by atoms with van der Waals surface area (Å²) in [6.45, 7) is 6.52. The van der Waals surface area contributed by atoms with Crippen molar-refractivity contribution in [3.63, 3.8) is 0 Å². The van der Waals surface area contributed by atoms with E-state index in [0.717, 1.165) is 5.70 Å². The number of carbonyl (C=O) groups is 2. The predicted octanol–water partition coefficient (Wildman–Crippen LogP) is 1.05. The summed E-state index contributed by atoms with van der Waals surface area (Å²) >= 11 is 0. The molecule has 0 saturated carbocycles. The maximum Gasteiger partial charge on any atom is 0.154 e. The molecule has 0 amide bonds. The molecule has 0 aliphatic rings. The van der Waals surface area contributed by atoms with Crippen LogP contribution in [0.15, 0.2) is 11.8 Å². The lowest BCUT2D eigenvalue weighted by molar-refractivity contribution is -0.118. The summed E-state index contributed by atoms with van der Waals surface area (Å²) in [5.41, 5.74) is 0.727. The Labute approximate surface area is 72.8 Å². The highest BCUT2D eigenvalue weighted by molar-refractivity contribution is 5.88. The van der Waals surface area contributed by atoms with Crippen LogP contribution in [0.4, 0.5) is 0 Å². The molecule has 68 valence electrons. The topological polar surface area (TPSA) is 46.2 Å². The summed E-state index contributed by atoms with van der Waals surface area (Å²) in [5.74, 6) is 0.0436. The van der Waals surface area contributed by atoms with Gasteiger partial charge in [-0.1, -0.05) is 0 Å². The van der Waals surface area contributed by atoms with Gasteiger partial charge < -0.3 is 5.32 Å². The Bertz CT molecular complexity index is 219. The summed E-state index contributed by atoms with van der Waals surface area (Å²) in [6.07, 6.45) is 1.47. The monoisotopic (exact) mass is 169 g/mol. The van der Waals surface area contributed by atoms with Gasteiger partial charge in [-0.05, 0) is 33.8 Å². The molecule has 0 aromatic rings. The smallest absolute Gasteiger partial charge is 0.154 e. The van der Waals surface area contributed by atoms with Crippen LogP contribution in [0.2, 0.25) is 0 Å². The van der Waals surface area contributed by atoms with Crippen molar-refractivity contribution in [2.45, 2.75) is 33.7 Å². The van der Waals surface area contributed by atoms with Crippen LogP contribution in [0, 0.1) is 0 Å². The molecule has 3 nitrogen and oxygen atoms in total. The van der Waals surface area contributed by atoms with Crippen molar-refractivity contribution in [1.82, 2.24) is 5.32 Å². The highest BCUT2D eigenvalue weighted by Gasteiger charge is 2.05. The van der Waals surface area contributed by atoms with Crippen LogP contribution in [0.1, 0.15) is 27.7 Å². The van der Waals surface area contributed by atoms with E-state index >= 15 is 0 Å². The third-order valence-corrected chi connectivity index (χ3v) is 1.47. The van der Waals surface area contributed by atoms with E-state index in [9.17, 15) is 9.59 Å². The molecule has 3 heteroatoms. The van der Waals surface area contributed by atoms with Gasteiger partial charge in [-0.3, -0.25) is 9.59 Å². The molecule has 0 fully saturated rings. The summed E-state index contributed by atoms with van der Waals surface area (Å²) < 4.78 is 0. The zero-order valence-electron chi connectivity index (χ0n) is 7.97. The van der Waals surface area contributed by atoms with Crippen LogP contribution >= 0.6 is 0 Å². The van der Waals surface area contributed by atoms with Crippen LogP contribution in [0.25, 0.3) is 0 Å². The van der Waals surface area contributed by atoms with E-state index in [-0.39, 0.29) is 17.6 Å². The fourth-order valence-corrected chi connectivity index (χ4v) is 0.790. The summed E-state index contributed by atoms with van der Waals surface area (Å²) in [5, 5.41) is 2.90. The van der Waals surface area contributed by atoms with E-state index in [1.54, 1.807) is 13.8 Å². The third kappa shape index (κ3) is 4.66. The van der Waals surface area contributed by atoms with Crippen molar-refractivity contribution in [2.75, 3.05) is 0 Å². The second-order valence-electron chi connectivity index (χ2n) is 2.91. The van der Waals surface area contributed by atoms with Gasteiger partial charge in [0.1, 0.15) is 0 Å². The first kappa shape index (κ1) is 10.9. The van der Waals surface area contributed by atoms with Crippen molar-refractivity contribution in [3.05, 3.63) is 11.8 Å². The number of rotatable bonds is 4. The van der Waals surface area contributed by atoms with Crippen molar-refractivity contribution < 1.29 is 9.59 Å². The van der Waals surface area contributed by atoms with Gasteiger partial charge in [-0.25, -0.2) is 0 Å². The van der Waals surface area contributed by atoms with Gasteiger partial charge in [0.05, 0.1) is 6.04 Å². The molecule has 0 unspecified atom stereocenters. The lowest BCUT2D eigenvalue weighted by atomic mass is 10.2. The number of allylic oxidation sites excluding steroid dienone is 2. The van der Waals surface area contributed by atoms with E-state index in [1.165, 1.54) is 19.9 Å². The molecule has 0 radical (unpaired) electrons. The van der Waals surface area contributed by atoms with Crippen LogP contribution < -0.4 is 5.32 Å². The maximum atomic E-state index is 10.8. The first-order valence-electron chi connectivity index (χ1n) is 3.89. The Morgan fingerprint density at radius 1 is 1.25 bits per heavy atom. The van der Waals surface area contributed by atoms with Crippen molar-refractivity contribution >= 4 is 11.6 Å². The first-order chi connectivity index (χ1) is 5.43. The van der Waals surface area contributed by atoms with E-state index in [2.05, 4.69) is 5.32 Å². The van der Waals surface area contributed by atoms with Crippen LogP contribution in [0.3, 0.4) is 0 Å². The second-order valence-corrected chi connectivity index (χ2v) is 2.91. The highest BCUT2D eigenvalue weighted by atomic mass is 16.1. The Morgan fingerprint density at radius 2 is 1.75 bits per heavy atom. The van der Waals surface area contributed by atoms with E-state index in [0.29, 0.717) is 0 Å². The molecule has 0 aliphatic carbocycles. The summed E-state index contributed by atoms with van der Waals surface area (Å²) in [4.78, 5) is 21.4.